The van der Waals surface area contributed by atoms with Crippen molar-refractivity contribution >= 4 is 11.6 Å². The molecule has 2 saturated heterocycles. The van der Waals surface area contributed by atoms with Crippen LogP contribution in [0.25, 0.3) is 0 Å². The third-order valence-electron chi connectivity index (χ3n) is 4.74. The average molecular weight is 273 g/mol. The predicted molar refractivity (Wildman–Crippen MR) is 80.6 cm³/mol. The van der Waals surface area contributed by atoms with Gasteiger partial charge < -0.3 is 10.6 Å². The van der Waals surface area contributed by atoms with Crippen molar-refractivity contribution in [2.45, 2.75) is 19.4 Å². The van der Waals surface area contributed by atoms with Gasteiger partial charge in [-0.05, 0) is 44.0 Å². The zero-order valence-corrected chi connectivity index (χ0v) is 12.0. The molecule has 2 heterocycles. The fourth-order valence-corrected chi connectivity index (χ4v) is 3.54. The lowest BCUT2D eigenvalue weighted by atomic mass is 9.95. The molecule has 3 rings (SSSR count). The van der Waals surface area contributed by atoms with Crippen LogP contribution in [0.4, 0.5) is 5.69 Å². The predicted octanol–water partition coefficient (Wildman–Crippen LogP) is 1.55. The molecule has 2 fully saturated rings. The summed E-state index contributed by atoms with van der Waals surface area (Å²) in [4.78, 5) is 14.4. The molecule has 0 radical (unpaired) electrons. The molecule has 0 aromatic heterocycles. The molecule has 0 aliphatic carbocycles. The van der Waals surface area contributed by atoms with Crippen LogP contribution in [0.2, 0.25) is 0 Å². The first-order valence-electron chi connectivity index (χ1n) is 7.53. The molecule has 1 aromatic rings. The number of benzene rings is 1. The number of hydrogen-bond acceptors (Lipinski definition) is 3. The van der Waals surface area contributed by atoms with Gasteiger partial charge in [-0.2, -0.15) is 0 Å². The number of carbonyl (C=O) groups is 1. The number of likely N-dealkylation sites (tertiary alicyclic amines) is 1. The quantitative estimate of drug-likeness (QED) is 0.875. The normalized spacial score (nSPS) is 29.4. The molecule has 2 N–H and O–H groups in total. The summed E-state index contributed by atoms with van der Waals surface area (Å²) in [6, 6.07) is 10.3. The third kappa shape index (κ3) is 2.86. The number of fused-ring (bicyclic) bond motifs is 1. The van der Waals surface area contributed by atoms with E-state index in [0.29, 0.717) is 12.5 Å². The highest BCUT2D eigenvalue weighted by molar-refractivity contribution is 5.90. The van der Waals surface area contributed by atoms with Gasteiger partial charge in [0.2, 0.25) is 5.91 Å². The second-order valence-electron chi connectivity index (χ2n) is 5.98. The minimum absolute atomic E-state index is 0.110. The zero-order chi connectivity index (χ0) is 13.9. The number of anilines is 1. The molecule has 1 amide bonds. The summed E-state index contributed by atoms with van der Waals surface area (Å²) in [6.07, 6.45) is 0.575. The number of nitrogens with zero attached hydrogens (tertiary/aromatic N) is 1. The largest absolute Gasteiger partial charge is 0.326 e. The molecule has 3 unspecified atom stereocenters. The highest BCUT2D eigenvalue weighted by atomic mass is 16.1. The second kappa shape index (κ2) is 5.94. The van der Waals surface area contributed by atoms with Crippen molar-refractivity contribution in [3.05, 3.63) is 30.3 Å². The van der Waals surface area contributed by atoms with E-state index in [2.05, 4.69) is 22.5 Å². The lowest BCUT2D eigenvalue weighted by Gasteiger charge is -2.23. The van der Waals surface area contributed by atoms with Crippen molar-refractivity contribution in [1.82, 2.24) is 10.2 Å². The van der Waals surface area contributed by atoms with Crippen LogP contribution >= 0.6 is 0 Å². The molecule has 4 heteroatoms. The molecule has 20 heavy (non-hydrogen) atoms. The molecule has 108 valence electrons. The van der Waals surface area contributed by atoms with Gasteiger partial charge in [0.05, 0.1) is 0 Å². The van der Waals surface area contributed by atoms with E-state index in [1.807, 2.05) is 30.3 Å². The van der Waals surface area contributed by atoms with Gasteiger partial charge in [-0.1, -0.05) is 18.2 Å². The molecule has 4 nitrogen and oxygen atoms in total. The molecule has 1 aromatic carbocycles. The van der Waals surface area contributed by atoms with Gasteiger partial charge >= 0.3 is 0 Å². The molecule has 0 spiro atoms. The minimum Gasteiger partial charge on any atom is -0.326 e. The van der Waals surface area contributed by atoms with Gasteiger partial charge in [-0.15, -0.1) is 0 Å². The molecule has 0 bridgehead atoms. The fraction of sp³-hybridized carbons (Fsp3) is 0.562. The van der Waals surface area contributed by atoms with Gasteiger partial charge in [0.15, 0.2) is 0 Å². The van der Waals surface area contributed by atoms with E-state index in [1.54, 1.807) is 0 Å². The van der Waals surface area contributed by atoms with E-state index in [1.165, 1.54) is 0 Å². The number of nitrogens with one attached hydrogen (secondary N) is 2. The smallest absolute Gasteiger partial charge is 0.225 e. The first kappa shape index (κ1) is 13.6. The van der Waals surface area contributed by atoms with Crippen LogP contribution in [0, 0.1) is 11.8 Å². The number of rotatable bonds is 4. The summed E-state index contributed by atoms with van der Waals surface area (Å²) >= 11 is 0. The van der Waals surface area contributed by atoms with E-state index in [9.17, 15) is 4.79 Å². The van der Waals surface area contributed by atoms with E-state index in [4.69, 9.17) is 0 Å². The molecule has 0 saturated carbocycles. The zero-order valence-electron chi connectivity index (χ0n) is 12.0. The van der Waals surface area contributed by atoms with Crippen molar-refractivity contribution < 1.29 is 4.79 Å². The highest BCUT2D eigenvalue weighted by Gasteiger charge is 2.41. The Bertz CT molecular complexity index is 462. The Kier molecular flexibility index (Phi) is 4.03. The highest BCUT2D eigenvalue weighted by Crippen LogP contribution is 2.32. The maximum absolute atomic E-state index is 12.0. The van der Waals surface area contributed by atoms with Crippen LogP contribution in [0.1, 0.15) is 13.3 Å². The van der Waals surface area contributed by atoms with E-state index in [-0.39, 0.29) is 5.91 Å². The van der Waals surface area contributed by atoms with Gasteiger partial charge in [-0.3, -0.25) is 9.69 Å². The fourth-order valence-electron chi connectivity index (χ4n) is 3.54. The Hall–Kier alpha value is -1.39. The lowest BCUT2D eigenvalue weighted by molar-refractivity contribution is -0.116. The van der Waals surface area contributed by atoms with Crippen LogP contribution in [0.3, 0.4) is 0 Å². The number of amides is 1. The Balaban J connectivity index is 1.47. The summed E-state index contributed by atoms with van der Waals surface area (Å²) in [7, 11) is 0. The third-order valence-corrected chi connectivity index (χ3v) is 4.74. The number of para-hydroxylation sites is 1. The molecule has 2 aliphatic heterocycles. The standard InChI is InChI=1S/C16H23N3O/c1-12-15-10-17-9-13(15)11-19(12)8-7-16(20)18-14-5-3-2-4-6-14/h2-6,12-13,15,17H,7-11H2,1H3,(H,18,20). The van der Waals surface area contributed by atoms with E-state index >= 15 is 0 Å². The summed E-state index contributed by atoms with van der Waals surface area (Å²) in [5.41, 5.74) is 0.882. The minimum atomic E-state index is 0.110. The summed E-state index contributed by atoms with van der Waals surface area (Å²) in [6.45, 7) is 6.58. The topological polar surface area (TPSA) is 44.4 Å². The Labute approximate surface area is 120 Å². The van der Waals surface area contributed by atoms with Crippen molar-refractivity contribution in [2.75, 3.05) is 31.5 Å². The maximum atomic E-state index is 12.0. The molecular formula is C16H23N3O. The molecule has 3 atom stereocenters. The SMILES string of the molecule is CC1C2CNCC2CN1CCC(=O)Nc1ccccc1. The van der Waals surface area contributed by atoms with Gasteiger partial charge in [0.1, 0.15) is 0 Å². The average Bonchev–Trinajstić information content (AvgIpc) is 3.01. The van der Waals surface area contributed by atoms with Crippen LogP contribution in [0.5, 0.6) is 0 Å². The van der Waals surface area contributed by atoms with Crippen LogP contribution < -0.4 is 10.6 Å². The van der Waals surface area contributed by atoms with Gasteiger partial charge in [-0.25, -0.2) is 0 Å². The first-order chi connectivity index (χ1) is 9.74. The Morgan fingerprint density at radius 3 is 2.90 bits per heavy atom. The maximum Gasteiger partial charge on any atom is 0.225 e. The van der Waals surface area contributed by atoms with Crippen molar-refractivity contribution in [3.63, 3.8) is 0 Å². The summed E-state index contributed by atoms with van der Waals surface area (Å²) in [5, 5.41) is 6.42. The van der Waals surface area contributed by atoms with Gasteiger partial charge in [0.25, 0.3) is 0 Å². The van der Waals surface area contributed by atoms with Crippen molar-refractivity contribution in [3.8, 4) is 0 Å². The second-order valence-corrected chi connectivity index (χ2v) is 5.98. The van der Waals surface area contributed by atoms with Crippen molar-refractivity contribution in [2.24, 2.45) is 11.8 Å². The van der Waals surface area contributed by atoms with Crippen molar-refractivity contribution in [1.29, 1.82) is 0 Å². The monoisotopic (exact) mass is 273 g/mol. The first-order valence-corrected chi connectivity index (χ1v) is 7.53. The van der Waals surface area contributed by atoms with Crippen LogP contribution in [0.15, 0.2) is 30.3 Å². The van der Waals surface area contributed by atoms with E-state index < -0.39 is 0 Å². The number of hydrogen-bond donors (Lipinski definition) is 2. The Morgan fingerprint density at radius 1 is 1.35 bits per heavy atom. The lowest BCUT2D eigenvalue weighted by Crippen LogP contribution is -2.35. The van der Waals surface area contributed by atoms with Crippen LogP contribution in [-0.2, 0) is 4.79 Å². The number of carbonyl (C=O) groups excluding carboxylic acids is 1. The van der Waals surface area contributed by atoms with E-state index in [0.717, 1.165) is 43.7 Å². The van der Waals surface area contributed by atoms with Gasteiger partial charge in [0, 0.05) is 31.2 Å². The Morgan fingerprint density at radius 2 is 2.15 bits per heavy atom. The molecular weight excluding hydrogens is 250 g/mol. The van der Waals surface area contributed by atoms with Crippen LogP contribution in [-0.4, -0.2) is 43.0 Å². The molecule has 2 aliphatic rings. The summed E-state index contributed by atoms with van der Waals surface area (Å²) < 4.78 is 0. The summed E-state index contributed by atoms with van der Waals surface area (Å²) in [5.74, 6) is 1.66.